The summed E-state index contributed by atoms with van der Waals surface area (Å²) in [4.78, 5) is 26.0. The molecule has 0 atom stereocenters. The van der Waals surface area contributed by atoms with Gasteiger partial charge < -0.3 is 9.47 Å². The fourth-order valence-electron chi connectivity index (χ4n) is 2.42. The molecule has 27 heavy (non-hydrogen) atoms. The summed E-state index contributed by atoms with van der Waals surface area (Å²) < 4.78 is 10.6. The van der Waals surface area contributed by atoms with E-state index in [9.17, 15) is 9.59 Å². The normalized spacial score (nSPS) is 10.4. The Morgan fingerprint density at radius 1 is 1.15 bits per heavy atom. The first-order valence-corrected chi connectivity index (χ1v) is 9.71. The van der Waals surface area contributed by atoms with Gasteiger partial charge in [-0.1, -0.05) is 40.2 Å². The Kier molecular flexibility index (Phi) is 7.67. The van der Waals surface area contributed by atoms with Crippen LogP contribution in [0.1, 0.15) is 19.4 Å². The minimum atomic E-state index is -0.561. The van der Waals surface area contributed by atoms with Crippen molar-refractivity contribution < 1.29 is 19.1 Å². The third kappa shape index (κ3) is 6.29. The number of amides is 2. The minimum Gasteiger partial charge on any atom is -0.447 e. The number of carbonyl (C=O) groups is 2. The second-order valence-corrected chi connectivity index (χ2v) is 6.89. The Morgan fingerprint density at radius 3 is 2.56 bits per heavy atom. The van der Waals surface area contributed by atoms with Crippen LogP contribution < -0.4 is 15.0 Å². The first-order valence-electron chi connectivity index (χ1n) is 8.59. The molecular weight excluding hydrogens is 412 g/mol. The van der Waals surface area contributed by atoms with Gasteiger partial charge in [0, 0.05) is 29.3 Å². The van der Waals surface area contributed by atoms with Gasteiger partial charge in [-0.3, -0.25) is 10.2 Å². The lowest BCUT2D eigenvalue weighted by molar-refractivity contribution is 0.130. The Bertz CT molecular complexity index is 795. The van der Waals surface area contributed by atoms with Crippen molar-refractivity contribution in [2.75, 3.05) is 22.1 Å². The number of nitrogens with zero attached hydrogens (tertiary/aromatic N) is 1. The van der Waals surface area contributed by atoms with Crippen molar-refractivity contribution in [1.82, 2.24) is 0 Å². The van der Waals surface area contributed by atoms with E-state index in [0.717, 1.165) is 11.3 Å². The van der Waals surface area contributed by atoms with Gasteiger partial charge in [0.25, 0.3) is 0 Å². The largest absolute Gasteiger partial charge is 0.447 e. The van der Waals surface area contributed by atoms with Crippen LogP contribution in [0.4, 0.5) is 21.0 Å². The summed E-state index contributed by atoms with van der Waals surface area (Å²) >= 11 is 3.37. The Morgan fingerprint density at radius 2 is 1.89 bits per heavy atom. The summed E-state index contributed by atoms with van der Waals surface area (Å²) in [6.45, 7) is 5.93. The topological polar surface area (TPSA) is 67.9 Å². The first-order chi connectivity index (χ1) is 12.9. The lowest BCUT2D eigenvalue weighted by Crippen LogP contribution is -2.35. The van der Waals surface area contributed by atoms with Gasteiger partial charge in [-0.25, -0.2) is 9.59 Å². The van der Waals surface area contributed by atoms with Gasteiger partial charge >= 0.3 is 12.2 Å². The number of aryl methyl sites for hydroxylation is 1. The van der Waals surface area contributed by atoms with Gasteiger partial charge in [-0.15, -0.1) is 0 Å². The molecule has 2 amide bonds. The summed E-state index contributed by atoms with van der Waals surface area (Å²) in [5.74, 6) is 0.329. The molecule has 144 valence electrons. The molecule has 2 aromatic carbocycles. The molecule has 2 rings (SSSR count). The zero-order chi connectivity index (χ0) is 19.8. The average molecular weight is 435 g/mol. The van der Waals surface area contributed by atoms with Crippen LogP contribution >= 0.6 is 15.9 Å². The van der Waals surface area contributed by atoms with E-state index in [4.69, 9.17) is 9.47 Å². The lowest BCUT2D eigenvalue weighted by atomic mass is 10.2. The van der Waals surface area contributed by atoms with Crippen LogP contribution in [0.2, 0.25) is 0 Å². The molecule has 0 fully saturated rings. The zero-order valence-electron chi connectivity index (χ0n) is 15.6. The molecule has 1 N–H and O–H groups in total. The molecule has 7 heteroatoms. The van der Waals surface area contributed by atoms with Crippen LogP contribution in [0.5, 0.6) is 5.75 Å². The number of carbonyl (C=O) groups excluding carboxylic acids is 2. The average Bonchev–Trinajstić information content (AvgIpc) is 2.60. The van der Waals surface area contributed by atoms with Crippen LogP contribution in [0.3, 0.4) is 0 Å². The van der Waals surface area contributed by atoms with Crippen molar-refractivity contribution in [2.45, 2.75) is 26.9 Å². The number of nitrogens with one attached hydrogen (secondary N) is 1. The molecular formula is C20H23BrN2O4. The maximum atomic E-state index is 12.7. The smallest absolute Gasteiger partial charge is 0.419 e. The first kappa shape index (κ1) is 20.8. The second kappa shape index (κ2) is 9.97. The van der Waals surface area contributed by atoms with Gasteiger partial charge in [0.15, 0.2) is 0 Å². The fourth-order valence-corrected chi connectivity index (χ4v) is 2.77. The highest BCUT2D eigenvalue weighted by molar-refractivity contribution is 9.09. The monoisotopic (exact) mass is 434 g/mol. The van der Waals surface area contributed by atoms with Gasteiger partial charge in [0.05, 0.1) is 6.10 Å². The molecule has 6 nitrogen and oxygen atoms in total. The Balaban J connectivity index is 2.12. The van der Waals surface area contributed by atoms with E-state index < -0.39 is 12.2 Å². The molecule has 0 aliphatic heterocycles. The number of ether oxygens (including phenoxy) is 2. The number of anilines is 2. The zero-order valence-corrected chi connectivity index (χ0v) is 17.2. The molecule has 0 saturated carbocycles. The molecule has 0 saturated heterocycles. The van der Waals surface area contributed by atoms with E-state index >= 15 is 0 Å². The maximum Gasteiger partial charge on any atom is 0.419 e. The van der Waals surface area contributed by atoms with E-state index in [2.05, 4.69) is 21.2 Å². The van der Waals surface area contributed by atoms with Crippen molar-refractivity contribution in [3.05, 3.63) is 54.1 Å². The van der Waals surface area contributed by atoms with E-state index in [-0.39, 0.29) is 6.10 Å². The van der Waals surface area contributed by atoms with Gasteiger partial charge in [-0.2, -0.15) is 0 Å². The number of para-hydroxylation sites is 1. The van der Waals surface area contributed by atoms with Gasteiger partial charge in [0.1, 0.15) is 5.75 Å². The molecule has 0 unspecified atom stereocenters. The molecule has 0 radical (unpaired) electrons. The molecule has 0 aromatic heterocycles. The molecule has 0 heterocycles. The number of rotatable bonds is 6. The highest BCUT2D eigenvalue weighted by Crippen LogP contribution is 2.23. The van der Waals surface area contributed by atoms with Gasteiger partial charge in [-0.05, 0) is 44.5 Å². The predicted molar refractivity (Wildman–Crippen MR) is 110 cm³/mol. The summed E-state index contributed by atoms with van der Waals surface area (Å²) in [6.07, 6.45) is -1.28. The van der Waals surface area contributed by atoms with Crippen molar-refractivity contribution in [1.29, 1.82) is 0 Å². The number of hydrogen-bond donors (Lipinski definition) is 1. The summed E-state index contributed by atoms with van der Waals surface area (Å²) in [5.41, 5.74) is 2.24. The maximum absolute atomic E-state index is 12.7. The standard InChI is InChI=1S/C20H23BrN2O4/c1-14(2)26-19(24)22-16-8-6-9-17(13-16)27-20(25)23(12-11-21)18-10-5-4-7-15(18)3/h4-10,13-14H,11-12H2,1-3H3,(H,22,24). The summed E-state index contributed by atoms with van der Waals surface area (Å²) in [5, 5.41) is 3.22. The number of hydrogen-bond acceptors (Lipinski definition) is 4. The van der Waals surface area contributed by atoms with E-state index in [1.165, 1.54) is 0 Å². The highest BCUT2D eigenvalue weighted by atomic mass is 79.9. The fraction of sp³-hybridized carbons (Fsp3) is 0.300. The molecule has 0 bridgehead atoms. The Hall–Kier alpha value is -2.54. The summed E-state index contributed by atoms with van der Waals surface area (Å²) in [7, 11) is 0. The SMILES string of the molecule is Cc1ccccc1N(CCBr)C(=O)Oc1cccc(NC(=O)OC(C)C)c1. The van der Waals surface area contributed by atoms with Crippen molar-refractivity contribution in [3.63, 3.8) is 0 Å². The highest BCUT2D eigenvalue weighted by Gasteiger charge is 2.19. The Labute approximate surface area is 167 Å². The number of halogens is 1. The van der Waals surface area contributed by atoms with Crippen LogP contribution in [0, 0.1) is 6.92 Å². The van der Waals surface area contributed by atoms with Crippen molar-refractivity contribution in [3.8, 4) is 5.75 Å². The van der Waals surface area contributed by atoms with E-state index in [1.807, 2.05) is 31.2 Å². The lowest BCUT2D eigenvalue weighted by Gasteiger charge is -2.23. The predicted octanol–water partition coefficient (Wildman–Crippen LogP) is 5.35. The number of alkyl halides is 1. The van der Waals surface area contributed by atoms with E-state index in [1.54, 1.807) is 43.0 Å². The third-order valence-corrected chi connectivity index (χ3v) is 3.92. The van der Waals surface area contributed by atoms with Crippen LogP contribution in [0.15, 0.2) is 48.5 Å². The molecule has 0 aliphatic carbocycles. The van der Waals surface area contributed by atoms with Gasteiger partial charge in [0.2, 0.25) is 0 Å². The van der Waals surface area contributed by atoms with Crippen LogP contribution in [-0.4, -0.2) is 30.2 Å². The summed E-state index contributed by atoms with van der Waals surface area (Å²) in [6, 6.07) is 14.2. The van der Waals surface area contributed by atoms with Crippen LogP contribution in [-0.2, 0) is 4.74 Å². The van der Waals surface area contributed by atoms with Crippen molar-refractivity contribution in [2.24, 2.45) is 0 Å². The van der Waals surface area contributed by atoms with Crippen molar-refractivity contribution >= 4 is 39.5 Å². The molecule has 2 aromatic rings. The number of benzene rings is 2. The quantitative estimate of drug-likeness (QED) is 0.621. The molecule has 0 spiro atoms. The minimum absolute atomic E-state index is 0.224. The second-order valence-electron chi connectivity index (χ2n) is 6.10. The van der Waals surface area contributed by atoms with E-state index in [0.29, 0.717) is 23.3 Å². The molecule has 0 aliphatic rings. The third-order valence-electron chi connectivity index (χ3n) is 3.56. The van der Waals surface area contributed by atoms with Crippen LogP contribution in [0.25, 0.3) is 0 Å².